The molecule has 0 unspecified atom stereocenters. The SMILES string of the molecule is c1ccc2cc3c(cc2c1)sc1cccc(-c2c4ccccc4c(-c4cc5cccc6c5c5c(cccc45)C4CC6C4)c4ccccc24)c13. The van der Waals surface area contributed by atoms with Gasteiger partial charge in [0.15, 0.2) is 0 Å². The summed E-state index contributed by atoms with van der Waals surface area (Å²) in [6.07, 6.45) is 2.56. The quantitative estimate of drug-likeness (QED) is 0.131. The van der Waals surface area contributed by atoms with Crippen molar-refractivity contribution in [2.45, 2.75) is 24.7 Å². The molecule has 1 aromatic heterocycles. The van der Waals surface area contributed by atoms with Gasteiger partial charge < -0.3 is 0 Å². The minimum Gasteiger partial charge on any atom is -0.135 e. The van der Waals surface area contributed by atoms with Gasteiger partial charge in [0.05, 0.1) is 0 Å². The minimum absolute atomic E-state index is 0.661. The van der Waals surface area contributed by atoms with Crippen molar-refractivity contribution in [2.75, 3.05) is 0 Å². The highest BCUT2D eigenvalue weighted by molar-refractivity contribution is 7.26. The second kappa shape index (κ2) is 9.56. The summed E-state index contributed by atoms with van der Waals surface area (Å²) < 4.78 is 2.69. The number of hydrogen-bond acceptors (Lipinski definition) is 1. The van der Waals surface area contributed by atoms with E-state index in [9.17, 15) is 0 Å². The summed E-state index contributed by atoms with van der Waals surface area (Å²) in [7, 11) is 0. The Kier molecular flexibility index (Phi) is 5.16. The van der Waals surface area contributed by atoms with Crippen LogP contribution < -0.4 is 0 Å². The van der Waals surface area contributed by atoms with Gasteiger partial charge in [0.2, 0.25) is 0 Å². The molecule has 0 atom stereocenters. The lowest BCUT2D eigenvalue weighted by Gasteiger charge is -2.34. The van der Waals surface area contributed by atoms with Gasteiger partial charge in [0, 0.05) is 20.2 Å². The molecule has 0 radical (unpaired) electrons. The van der Waals surface area contributed by atoms with Crippen LogP contribution in [0, 0.1) is 0 Å². The van der Waals surface area contributed by atoms with Gasteiger partial charge in [-0.15, -0.1) is 11.3 Å². The first kappa shape index (κ1) is 26.5. The third kappa shape index (κ3) is 3.48. The van der Waals surface area contributed by atoms with Gasteiger partial charge in [0.1, 0.15) is 0 Å². The van der Waals surface area contributed by atoms with Crippen molar-refractivity contribution in [1.82, 2.24) is 0 Å². The topological polar surface area (TPSA) is 0 Å². The standard InChI is InChI=1S/C48H30S/c1-2-11-28-26-43-41(24-27(28)10-1)47-39(20-9-21-42(47)49-43)45-34-13-3-5-15-36(34)46(37-16-6-4-14-35(37)45)40-25-29-12-7-17-32-30-22-31(23-30)33-18-8-19-38(40)48(33)44(29)32/h1-21,24-26,30-31H,22-23H2. The first-order chi connectivity index (χ1) is 24.3. The van der Waals surface area contributed by atoms with Crippen molar-refractivity contribution < 1.29 is 0 Å². The van der Waals surface area contributed by atoms with Gasteiger partial charge in [0.25, 0.3) is 0 Å². The first-order valence-electron chi connectivity index (χ1n) is 17.6. The molecule has 0 N–H and O–H groups in total. The lowest BCUT2D eigenvalue weighted by molar-refractivity contribution is 0.358. The van der Waals surface area contributed by atoms with E-state index in [1.54, 1.807) is 11.1 Å². The minimum atomic E-state index is 0.661. The molecule has 1 heteroatoms. The summed E-state index contributed by atoms with van der Waals surface area (Å²) >= 11 is 1.91. The van der Waals surface area contributed by atoms with Crippen LogP contribution in [0.2, 0.25) is 0 Å². The fourth-order valence-corrected chi connectivity index (χ4v) is 10.9. The number of hydrogen-bond donors (Lipinski definition) is 0. The van der Waals surface area contributed by atoms with Crippen LogP contribution in [0.3, 0.4) is 0 Å². The predicted octanol–water partition coefficient (Wildman–Crippen LogP) is 14.1. The van der Waals surface area contributed by atoms with E-state index in [-0.39, 0.29) is 0 Å². The Morgan fingerprint density at radius 2 is 0.918 bits per heavy atom. The maximum atomic E-state index is 2.51. The van der Waals surface area contributed by atoms with Crippen LogP contribution in [0.25, 0.3) is 96.3 Å². The Hall–Kier alpha value is -5.50. The van der Waals surface area contributed by atoms with Crippen molar-refractivity contribution in [3.8, 4) is 22.3 Å². The van der Waals surface area contributed by atoms with E-state index in [2.05, 4.69) is 146 Å². The summed E-state index contributed by atoms with van der Waals surface area (Å²) in [6, 6.07) is 55.5. The number of thiophene rings is 1. The van der Waals surface area contributed by atoms with Crippen molar-refractivity contribution in [1.29, 1.82) is 0 Å². The van der Waals surface area contributed by atoms with E-state index in [0.29, 0.717) is 11.8 Å². The molecule has 1 heterocycles. The Morgan fingerprint density at radius 1 is 0.367 bits per heavy atom. The van der Waals surface area contributed by atoms with Crippen molar-refractivity contribution in [3.63, 3.8) is 0 Å². The lowest BCUT2D eigenvalue weighted by Crippen LogP contribution is -2.18. The van der Waals surface area contributed by atoms with Gasteiger partial charge in [-0.05, 0) is 136 Å². The van der Waals surface area contributed by atoms with Gasteiger partial charge in [-0.25, -0.2) is 0 Å². The highest BCUT2D eigenvalue weighted by Gasteiger charge is 2.37. The Labute approximate surface area is 287 Å². The third-order valence-corrected chi connectivity index (χ3v) is 13.0. The normalized spacial score (nSPS) is 16.8. The molecule has 10 aromatic rings. The maximum absolute atomic E-state index is 2.51. The van der Waals surface area contributed by atoms with Gasteiger partial charge in [-0.3, -0.25) is 0 Å². The molecule has 2 bridgehead atoms. The van der Waals surface area contributed by atoms with Crippen LogP contribution in [0.5, 0.6) is 0 Å². The van der Waals surface area contributed by atoms with Crippen LogP contribution >= 0.6 is 11.3 Å². The molecular formula is C48H30S. The van der Waals surface area contributed by atoms with Crippen molar-refractivity contribution in [2.24, 2.45) is 0 Å². The maximum Gasteiger partial charge on any atom is 0.0362 e. The Morgan fingerprint density at radius 3 is 1.63 bits per heavy atom. The van der Waals surface area contributed by atoms with Gasteiger partial charge >= 0.3 is 0 Å². The molecule has 0 saturated heterocycles. The second-order valence-electron chi connectivity index (χ2n) is 14.3. The number of rotatable bonds is 2. The largest absolute Gasteiger partial charge is 0.135 e. The molecule has 0 nitrogen and oxygen atoms in total. The Bertz CT molecular complexity index is 3000. The van der Waals surface area contributed by atoms with Crippen LogP contribution in [-0.2, 0) is 0 Å². The summed E-state index contributed by atoms with van der Waals surface area (Å²) in [4.78, 5) is 0. The molecule has 9 aromatic carbocycles. The summed E-state index contributed by atoms with van der Waals surface area (Å²) in [5, 5.41) is 16.3. The molecule has 0 aliphatic heterocycles. The van der Waals surface area contributed by atoms with E-state index in [0.717, 1.165) is 0 Å². The van der Waals surface area contributed by atoms with E-state index in [4.69, 9.17) is 0 Å². The smallest absolute Gasteiger partial charge is 0.0362 e. The zero-order valence-corrected chi connectivity index (χ0v) is 27.7. The van der Waals surface area contributed by atoms with Crippen LogP contribution in [-0.4, -0.2) is 0 Å². The zero-order valence-electron chi connectivity index (χ0n) is 26.8. The van der Waals surface area contributed by atoms with E-state index >= 15 is 0 Å². The molecule has 3 aliphatic rings. The van der Waals surface area contributed by atoms with Crippen molar-refractivity contribution in [3.05, 3.63) is 157 Å². The fourth-order valence-electron chi connectivity index (χ4n) is 9.75. The molecular weight excluding hydrogens is 609 g/mol. The average molecular weight is 639 g/mol. The Balaban J connectivity index is 1.24. The highest BCUT2D eigenvalue weighted by atomic mass is 32.1. The molecule has 49 heavy (non-hydrogen) atoms. The predicted molar refractivity (Wildman–Crippen MR) is 212 cm³/mol. The molecule has 3 aliphatic carbocycles. The van der Waals surface area contributed by atoms with Gasteiger partial charge in [-0.2, -0.15) is 0 Å². The molecule has 13 rings (SSSR count). The highest BCUT2D eigenvalue weighted by Crippen LogP contribution is 2.57. The number of benzene rings is 9. The average Bonchev–Trinajstić information content (AvgIpc) is 3.34. The third-order valence-electron chi connectivity index (χ3n) is 11.9. The first-order valence-corrected chi connectivity index (χ1v) is 18.4. The van der Waals surface area contributed by atoms with Crippen LogP contribution in [0.4, 0.5) is 0 Å². The van der Waals surface area contributed by atoms with Gasteiger partial charge in [-0.1, -0.05) is 121 Å². The number of fused-ring (bicyclic) bond motifs is 6. The van der Waals surface area contributed by atoms with E-state index in [1.807, 2.05) is 11.3 Å². The molecule has 1 fully saturated rings. The van der Waals surface area contributed by atoms with E-state index < -0.39 is 0 Å². The molecule has 0 spiro atoms. The zero-order chi connectivity index (χ0) is 31.8. The summed E-state index contributed by atoms with van der Waals surface area (Å²) in [5.74, 6) is 1.35. The summed E-state index contributed by atoms with van der Waals surface area (Å²) in [5.41, 5.74) is 8.47. The van der Waals surface area contributed by atoms with Crippen LogP contribution in [0.1, 0.15) is 35.8 Å². The van der Waals surface area contributed by atoms with Crippen LogP contribution in [0.15, 0.2) is 146 Å². The monoisotopic (exact) mass is 638 g/mol. The molecule has 228 valence electrons. The second-order valence-corrected chi connectivity index (χ2v) is 15.4. The lowest BCUT2D eigenvalue weighted by atomic mass is 9.70. The molecule has 1 saturated carbocycles. The molecule has 0 amide bonds. The fraction of sp³-hybridized carbons (Fsp3) is 0.0833. The van der Waals surface area contributed by atoms with E-state index in [1.165, 1.54) is 109 Å². The summed E-state index contributed by atoms with van der Waals surface area (Å²) in [6.45, 7) is 0. The van der Waals surface area contributed by atoms with Crippen molar-refractivity contribution >= 4 is 85.4 Å².